The van der Waals surface area contributed by atoms with Crippen molar-refractivity contribution in [3.8, 4) is 0 Å². The maximum Gasteiger partial charge on any atom is 0.230 e. The molecule has 0 atom stereocenters. The Labute approximate surface area is 101 Å². The zero-order valence-electron chi connectivity index (χ0n) is 10.4. The summed E-state index contributed by atoms with van der Waals surface area (Å²) in [6.07, 6.45) is -0.785. The molecule has 1 amide bonds. The molecular weight excluding hydrogens is 218 g/mol. The Balaban J connectivity index is 2.82. The molecule has 1 aromatic carbocycles. The van der Waals surface area contributed by atoms with Gasteiger partial charge >= 0.3 is 0 Å². The predicted octanol–water partition coefficient (Wildman–Crippen LogP) is 2.04. The number of aliphatic hydroxyl groups is 2. The zero-order valence-corrected chi connectivity index (χ0v) is 10.4. The zero-order chi connectivity index (χ0) is 13.1. The number of carbonyl (C=O) groups is 1. The van der Waals surface area contributed by atoms with Gasteiger partial charge < -0.3 is 15.5 Å². The Morgan fingerprint density at radius 2 is 2.06 bits per heavy atom. The van der Waals surface area contributed by atoms with Gasteiger partial charge in [-0.3, -0.25) is 4.79 Å². The van der Waals surface area contributed by atoms with Crippen molar-refractivity contribution in [1.82, 2.24) is 0 Å². The summed E-state index contributed by atoms with van der Waals surface area (Å²) in [7, 11) is 0. The monoisotopic (exact) mass is 237 g/mol. The molecule has 1 rings (SSSR count). The molecule has 0 radical (unpaired) electrons. The summed E-state index contributed by atoms with van der Waals surface area (Å²) in [4.78, 5) is 11.9. The van der Waals surface area contributed by atoms with Crippen molar-refractivity contribution in [1.29, 1.82) is 0 Å². The van der Waals surface area contributed by atoms with E-state index in [1.807, 2.05) is 20.8 Å². The third kappa shape index (κ3) is 3.54. The molecule has 0 fully saturated rings. The van der Waals surface area contributed by atoms with Gasteiger partial charge in [0.1, 0.15) is 0 Å². The van der Waals surface area contributed by atoms with Gasteiger partial charge in [0, 0.05) is 16.7 Å². The standard InChI is InChI=1S/C13H19NO3/c1-4-13(2,3)12(17)14-10-7-5-6-9(8-10)11(15)16/h5-8,11,15-16H,4H2,1-3H3,(H,14,17). The lowest BCUT2D eigenvalue weighted by atomic mass is 9.89. The highest BCUT2D eigenvalue weighted by Crippen LogP contribution is 2.23. The van der Waals surface area contributed by atoms with Gasteiger partial charge in [-0.1, -0.05) is 32.9 Å². The lowest BCUT2D eigenvalue weighted by molar-refractivity contribution is -0.124. The molecule has 0 heterocycles. The highest BCUT2D eigenvalue weighted by Gasteiger charge is 2.25. The number of hydrogen-bond acceptors (Lipinski definition) is 3. The van der Waals surface area contributed by atoms with Gasteiger partial charge in [-0.15, -0.1) is 0 Å². The number of aliphatic hydroxyl groups excluding tert-OH is 1. The second-order valence-electron chi connectivity index (χ2n) is 4.69. The largest absolute Gasteiger partial charge is 0.364 e. The molecule has 0 saturated heterocycles. The first-order chi connectivity index (χ1) is 7.86. The fourth-order valence-corrected chi connectivity index (χ4v) is 1.24. The number of nitrogens with one attached hydrogen (secondary N) is 1. The molecule has 3 N–H and O–H groups in total. The van der Waals surface area contributed by atoms with Crippen LogP contribution in [0.25, 0.3) is 0 Å². The first-order valence-corrected chi connectivity index (χ1v) is 5.64. The van der Waals surface area contributed by atoms with E-state index in [2.05, 4.69) is 5.32 Å². The van der Waals surface area contributed by atoms with Crippen molar-refractivity contribution < 1.29 is 15.0 Å². The first-order valence-electron chi connectivity index (χ1n) is 5.64. The lowest BCUT2D eigenvalue weighted by Crippen LogP contribution is -2.30. The van der Waals surface area contributed by atoms with E-state index in [0.29, 0.717) is 11.3 Å². The summed E-state index contributed by atoms with van der Waals surface area (Å²) in [6, 6.07) is 6.53. The number of amides is 1. The van der Waals surface area contributed by atoms with Crippen molar-refractivity contribution in [3.63, 3.8) is 0 Å². The van der Waals surface area contributed by atoms with Gasteiger partial charge in [0.05, 0.1) is 0 Å². The second-order valence-corrected chi connectivity index (χ2v) is 4.69. The Bertz CT molecular complexity index is 399. The number of anilines is 1. The molecule has 0 spiro atoms. The molecule has 0 unspecified atom stereocenters. The minimum Gasteiger partial charge on any atom is -0.364 e. The maximum absolute atomic E-state index is 11.9. The van der Waals surface area contributed by atoms with E-state index in [0.717, 1.165) is 6.42 Å². The molecule has 4 heteroatoms. The van der Waals surface area contributed by atoms with Crippen LogP contribution in [-0.2, 0) is 4.79 Å². The van der Waals surface area contributed by atoms with Crippen LogP contribution >= 0.6 is 0 Å². The smallest absolute Gasteiger partial charge is 0.230 e. The Kier molecular flexibility index (Phi) is 4.26. The lowest BCUT2D eigenvalue weighted by Gasteiger charge is -2.21. The van der Waals surface area contributed by atoms with Crippen LogP contribution < -0.4 is 5.32 Å². The summed E-state index contributed by atoms with van der Waals surface area (Å²) in [5, 5.41) is 20.8. The second kappa shape index (κ2) is 5.29. The Morgan fingerprint density at radius 3 is 2.59 bits per heavy atom. The van der Waals surface area contributed by atoms with Crippen LogP contribution in [0.2, 0.25) is 0 Å². The average molecular weight is 237 g/mol. The minimum absolute atomic E-state index is 0.0791. The van der Waals surface area contributed by atoms with Crippen LogP contribution in [0.5, 0.6) is 0 Å². The van der Waals surface area contributed by atoms with Crippen molar-refractivity contribution >= 4 is 11.6 Å². The van der Waals surface area contributed by atoms with Crippen LogP contribution in [0.4, 0.5) is 5.69 Å². The van der Waals surface area contributed by atoms with E-state index < -0.39 is 11.7 Å². The van der Waals surface area contributed by atoms with Crippen molar-refractivity contribution in [3.05, 3.63) is 29.8 Å². The van der Waals surface area contributed by atoms with Gasteiger partial charge in [0.25, 0.3) is 0 Å². The maximum atomic E-state index is 11.9. The quantitative estimate of drug-likeness (QED) is 0.702. The van der Waals surface area contributed by atoms with Gasteiger partial charge in [0.2, 0.25) is 5.91 Å². The molecule has 94 valence electrons. The SMILES string of the molecule is CCC(C)(C)C(=O)Nc1cccc(C(O)O)c1. The summed E-state index contributed by atoms with van der Waals surface area (Å²) in [5.41, 5.74) is 0.493. The fourth-order valence-electron chi connectivity index (χ4n) is 1.24. The molecule has 0 saturated carbocycles. The number of hydrogen-bond donors (Lipinski definition) is 3. The van der Waals surface area contributed by atoms with Gasteiger partial charge in [-0.25, -0.2) is 0 Å². The molecule has 0 aliphatic rings. The van der Waals surface area contributed by atoms with Crippen molar-refractivity contribution in [2.45, 2.75) is 33.5 Å². The molecule has 0 aromatic heterocycles. The Morgan fingerprint density at radius 1 is 1.41 bits per heavy atom. The molecular formula is C13H19NO3. The van der Waals surface area contributed by atoms with E-state index in [1.54, 1.807) is 24.3 Å². The van der Waals surface area contributed by atoms with Crippen LogP contribution in [0, 0.1) is 5.41 Å². The number of rotatable bonds is 4. The molecule has 0 aliphatic carbocycles. The molecule has 1 aromatic rings. The highest BCUT2D eigenvalue weighted by atomic mass is 16.5. The minimum atomic E-state index is -1.52. The van der Waals surface area contributed by atoms with Crippen LogP contribution in [-0.4, -0.2) is 16.1 Å². The normalized spacial score (nSPS) is 11.6. The fraction of sp³-hybridized carbons (Fsp3) is 0.462. The topological polar surface area (TPSA) is 69.6 Å². The van der Waals surface area contributed by atoms with E-state index in [4.69, 9.17) is 10.2 Å². The third-order valence-corrected chi connectivity index (χ3v) is 2.94. The summed E-state index contributed by atoms with van der Waals surface area (Å²) in [6.45, 7) is 5.69. The van der Waals surface area contributed by atoms with Gasteiger partial charge in [-0.2, -0.15) is 0 Å². The van der Waals surface area contributed by atoms with E-state index in [-0.39, 0.29) is 5.91 Å². The summed E-state index contributed by atoms with van der Waals surface area (Å²) >= 11 is 0. The van der Waals surface area contributed by atoms with Crippen LogP contribution in [0.15, 0.2) is 24.3 Å². The van der Waals surface area contributed by atoms with Gasteiger partial charge in [0.15, 0.2) is 6.29 Å². The predicted molar refractivity (Wildman–Crippen MR) is 66.3 cm³/mol. The number of benzene rings is 1. The number of carbonyl (C=O) groups excluding carboxylic acids is 1. The van der Waals surface area contributed by atoms with Crippen molar-refractivity contribution in [2.24, 2.45) is 5.41 Å². The van der Waals surface area contributed by atoms with Crippen molar-refractivity contribution in [2.75, 3.05) is 5.32 Å². The van der Waals surface area contributed by atoms with Crippen LogP contribution in [0.1, 0.15) is 39.0 Å². The molecule has 0 bridgehead atoms. The summed E-state index contributed by atoms with van der Waals surface area (Å²) < 4.78 is 0. The molecule has 0 aliphatic heterocycles. The van der Waals surface area contributed by atoms with Crippen LogP contribution in [0.3, 0.4) is 0 Å². The highest BCUT2D eigenvalue weighted by molar-refractivity contribution is 5.94. The van der Waals surface area contributed by atoms with E-state index in [1.165, 1.54) is 0 Å². The van der Waals surface area contributed by atoms with Gasteiger partial charge in [-0.05, 0) is 18.6 Å². The average Bonchev–Trinajstić information content (AvgIpc) is 2.29. The van der Waals surface area contributed by atoms with E-state index >= 15 is 0 Å². The molecule has 17 heavy (non-hydrogen) atoms. The molecule has 4 nitrogen and oxygen atoms in total. The third-order valence-electron chi connectivity index (χ3n) is 2.94. The van der Waals surface area contributed by atoms with E-state index in [9.17, 15) is 4.79 Å². The first kappa shape index (κ1) is 13.7. The summed E-state index contributed by atoms with van der Waals surface area (Å²) in [5.74, 6) is -0.0791. The Hall–Kier alpha value is -1.39.